The lowest BCUT2D eigenvalue weighted by atomic mass is 10.4. The number of carbonyl (C=O) groups excluding carboxylic acids is 1. The highest BCUT2D eigenvalue weighted by Gasteiger charge is 2.22. The topological polar surface area (TPSA) is 35.5 Å². The van der Waals surface area contributed by atoms with Gasteiger partial charge < -0.3 is 9.47 Å². The van der Waals surface area contributed by atoms with Crippen molar-refractivity contribution in [1.29, 1.82) is 0 Å². The van der Waals surface area contributed by atoms with Crippen LogP contribution in [0.3, 0.4) is 0 Å². The van der Waals surface area contributed by atoms with Crippen LogP contribution in [0.1, 0.15) is 0 Å². The molecule has 1 rings (SSSR count). The van der Waals surface area contributed by atoms with Gasteiger partial charge in [0.25, 0.3) is 0 Å². The molecule has 1 heterocycles. The molecule has 0 aromatic carbocycles. The summed E-state index contributed by atoms with van der Waals surface area (Å²) in [5, 5.41) is 0. The summed E-state index contributed by atoms with van der Waals surface area (Å²) < 4.78 is 9.70. The molecule has 0 aliphatic carbocycles. The number of Topliss-reactive ketones (excluding diaryl/α,β-unsaturated/α-hetero) is 1. The highest BCUT2D eigenvalue weighted by Crippen LogP contribution is 2.04. The van der Waals surface area contributed by atoms with Crippen LogP contribution in [0.2, 0.25) is 0 Å². The number of halogens is 1. The quantitative estimate of drug-likeness (QED) is 0.527. The zero-order valence-corrected chi connectivity index (χ0v) is 5.56. The summed E-state index contributed by atoms with van der Waals surface area (Å²) in [6, 6.07) is 0. The third kappa shape index (κ3) is 1.64. The molecule has 0 aromatic heterocycles. The number of hydrogen-bond donors (Lipinski definition) is 0. The summed E-state index contributed by atoms with van der Waals surface area (Å²) >= 11 is 5.22. The van der Waals surface area contributed by atoms with E-state index in [2.05, 4.69) is 0 Å². The van der Waals surface area contributed by atoms with E-state index >= 15 is 0 Å². The molecule has 0 spiro atoms. The van der Waals surface area contributed by atoms with Gasteiger partial charge in [-0.1, -0.05) is 0 Å². The second-order valence-corrected chi connectivity index (χ2v) is 1.94. The van der Waals surface area contributed by atoms with E-state index in [-0.39, 0.29) is 11.7 Å². The number of carbonyl (C=O) groups is 1. The van der Waals surface area contributed by atoms with Crippen molar-refractivity contribution in [2.24, 2.45) is 0 Å². The largest absolute Gasteiger partial charge is 0.344 e. The highest BCUT2D eigenvalue weighted by atomic mass is 35.5. The molecule has 1 saturated heterocycles. The average molecular weight is 151 g/mol. The van der Waals surface area contributed by atoms with Gasteiger partial charge >= 0.3 is 0 Å². The Labute approximate surface area is 57.9 Å². The van der Waals surface area contributed by atoms with E-state index < -0.39 is 6.29 Å². The molecule has 0 aromatic rings. The summed E-state index contributed by atoms with van der Waals surface area (Å²) in [6.07, 6.45) is -0.692. The smallest absolute Gasteiger partial charge is 0.219 e. The molecular weight excluding hydrogens is 144 g/mol. The van der Waals surface area contributed by atoms with Gasteiger partial charge in [0.1, 0.15) is 0 Å². The van der Waals surface area contributed by atoms with E-state index in [0.717, 1.165) is 0 Å². The van der Waals surface area contributed by atoms with Crippen LogP contribution >= 0.6 is 11.6 Å². The highest BCUT2D eigenvalue weighted by molar-refractivity contribution is 6.28. The van der Waals surface area contributed by atoms with Crippen molar-refractivity contribution >= 4 is 17.4 Å². The second kappa shape index (κ2) is 3.15. The molecule has 0 radical (unpaired) electrons. The van der Waals surface area contributed by atoms with Gasteiger partial charge in [-0.25, -0.2) is 0 Å². The molecule has 9 heavy (non-hydrogen) atoms. The Balaban J connectivity index is 2.32. The van der Waals surface area contributed by atoms with E-state index in [9.17, 15) is 4.79 Å². The van der Waals surface area contributed by atoms with Crippen molar-refractivity contribution in [3.8, 4) is 0 Å². The number of hydrogen-bond acceptors (Lipinski definition) is 3. The Kier molecular flexibility index (Phi) is 2.45. The summed E-state index contributed by atoms with van der Waals surface area (Å²) in [4.78, 5) is 10.6. The zero-order valence-electron chi connectivity index (χ0n) is 4.80. The lowest BCUT2D eigenvalue weighted by Crippen LogP contribution is -2.22. The van der Waals surface area contributed by atoms with E-state index in [0.29, 0.717) is 13.2 Å². The fraction of sp³-hybridized carbons (Fsp3) is 0.800. The molecule has 1 fully saturated rings. The van der Waals surface area contributed by atoms with Crippen LogP contribution < -0.4 is 0 Å². The van der Waals surface area contributed by atoms with Crippen LogP contribution in [0.5, 0.6) is 0 Å². The molecule has 0 bridgehead atoms. The first kappa shape index (κ1) is 6.99. The van der Waals surface area contributed by atoms with Crippen LogP contribution in [0, 0.1) is 0 Å². The van der Waals surface area contributed by atoms with Crippen LogP contribution in [0.4, 0.5) is 0 Å². The predicted octanol–water partition coefficient (Wildman–Crippen LogP) is 0.167. The van der Waals surface area contributed by atoms with Crippen LogP contribution in [0.25, 0.3) is 0 Å². The Hall–Kier alpha value is -0.120. The minimum Gasteiger partial charge on any atom is -0.344 e. The first-order chi connectivity index (χ1) is 4.34. The molecule has 1 aliphatic heterocycles. The zero-order chi connectivity index (χ0) is 6.69. The second-order valence-electron chi connectivity index (χ2n) is 1.67. The van der Waals surface area contributed by atoms with E-state index in [1.165, 1.54) is 0 Å². The Morgan fingerprint density at radius 3 is 2.56 bits per heavy atom. The maximum atomic E-state index is 10.6. The Morgan fingerprint density at radius 1 is 1.56 bits per heavy atom. The molecule has 1 aliphatic rings. The fourth-order valence-electron chi connectivity index (χ4n) is 0.607. The van der Waals surface area contributed by atoms with Gasteiger partial charge in [-0.3, -0.25) is 4.79 Å². The van der Waals surface area contributed by atoms with Crippen molar-refractivity contribution in [2.45, 2.75) is 6.29 Å². The number of alkyl halides is 1. The van der Waals surface area contributed by atoms with Crippen molar-refractivity contribution < 1.29 is 14.3 Å². The monoisotopic (exact) mass is 150 g/mol. The van der Waals surface area contributed by atoms with Gasteiger partial charge in [0.05, 0.1) is 19.1 Å². The normalized spacial score (nSPS) is 20.6. The van der Waals surface area contributed by atoms with E-state index in [1.54, 1.807) is 0 Å². The van der Waals surface area contributed by atoms with Gasteiger partial charge in [0, 0.05) is 0 Å². The van der Waals surface area contributed by atoms with Crippen molar-refractivity contribution in [2.75, 3.05) is 19.1 Å². The summed E-state index contributed by atoms with van der Waals surface area (Å²) in [5.41, 5.74) is 0. The van der Waals surface area contributed by atoms with Gasteiger partial charge in [0.15, 0.2) is 0 Å². The maximum absolute atomic E-state index is 10.6. The van der Waals surface area contributed by atoms with E-state index in [4.69, 9.17) is 21.1 Å². The molecule has 0 amide bonds. The summed E-state index contributed by atoms with van der Waals surface area (Å²) in [5.74, 6) is -0.237. The maximum Gasteiger partial charge on any atom is 0.219 e. The van der Waals surface area contributed by atoms with Crippen molar-refractivity contribution in [3.05, 3.63) is 0 Å². The molecule has 0 unspecified atom stereocenters. The van der Waals surface area contributed by atoms with Crippen LogP contribution in [-0.2, 0) is 14.3 Å². The van der Waals surface area contributed by atoms with Crippen molar-refractivity contribution in [1.82, 2.24) is 0 Å². The molecule has 0 N–H and O–H groups in total. The fourth-order valence-corrected chi connectivity index (χ4v) is 0.733. The number of rotatable bonds is 2. The van der Waals surface area contributed by atoms with Gasteiger partial charge in [-0.15, -0.1) is 11.6 Å². The summed E-state index contributed by atoms with van der Waals surface area (Å²) in [6.45, 7) is 0.987. The molecule has 3 nitrogen and oxygen atoms in total. The minimum absolute atomic E-state index is 0.0370. The lowest BCUT2D eigenvalue weighted by molar-refractivity contribution is -0.141. The predicted molar refractivity (Wildman–Crippen MR) is 31.4 cm³/mol. The number of ether oxygens (including phenoxy) is 2. The third-order valence-electron chi connectivity index (χ3n) is 1.02. The SMILES string of the molecule is O=C(CCl)C1OCCO1. The van der Waals surface area contributed by atoms with Gasteiger partial charge in [0.2, 0.25) is 12.1 Å². The lowest BCUT2D eigenvalue weighted by Gasteiger charge is -2.02. The van der Waals surface area contributed by atoms with Gasteiger partial charge in [-0.05, 0) is 0 Å². The molecule has 0 atom stereocenters. The van der Waals surface area contributed by atoms with Crippen LogP contribution in [-0.4, -0.2) is 31.2 Å². The van der Waals surface area contributed by atoms with Crippen molar-refractivity contribution in [3.63, 3.8) is 0 Å². The van der Waals surface area contributed by atoms with Crippen LogP contribution in [0.15, 0.2) is 0 Å². The average Bonchev–Trinajstić information content (AvgIpc) is 2.37. The molecular formula is C5H7ClO3. The van der Waals surface area contributed by atoms with Gasteiger partial charge in [-0.2, -0.15) is 0 Å². The molecule has 0 saturated carbocycles. The Morgan fingerprint density at radius 2 is 2.11 bits per heavy atom. The first-order valence-electron chi connectivity index (χ1n) is 2.66. The number of ketones is 1. The minimum atomic E-state index is -0.692. The molecule has 52 valence electrons. The molecule has 4 heteroatoms. The third-order valence-corrected chi connectivity index (χ3v) is 1.28. The standard InChI is InChI=1S/C5H7ClO3/c6-3-4(7)5-8-1-2-9-5/h5H,1-3H2. The van der Waals surface area contributed by atoms with E-state index in [1.807, 2.05) is 0 Å². The summed E-state index contributed by atoms with van der Waals surface area (Å²) in [7, 11) is 0. The first-order valence-corrected chi connectivity index (χ1v) is 3.20. The Bertz CT molecular complexity index is 109.